The van der Waals surface area contributed by atoms with E-state index in [9.17, 15) is 13.9 Å². The minimum atomic E-state index is -1.68. The predicted octanol–water partition coefficient (Wildman–Crippen LogP) is 7.22. The summed E-state index contributed by atoms with van der Waals surface area (Å²) in [5, 5.41) is 13.5. The van der Waals surface area contributed by atoms with Gasteiger partial charge in [-0.1, -0.05) is 31.5 Å². The summed E-state index contributed by atoms with van der Waals surface area (Å²) >= 11 is 6.40. The molecular formula is C34H37ClF4N6O2. The summed E-state index contributed by atoms with van der Waals surface area (Å²) in [5.74, 6) is -1.58. The lowest BCUT2D eigenvalue weighted by Crippen LogP contribution is -2.60. The summed E-state index contributed by atoms with van der Waals surface area (Å²) in [4.78, 5) is 17.9. The number of anilines is 1. The first-order valence-electron chi connectivity index (χ1n) is 16.4. The van der Waals surface area contributed by atoms with Crippen LogP contribution in [0.4, 0.5) is 23.4 Å². The van der Waals surface area contributed by atoms with E-state index >= 15 is 8.78 Å². The third-order valence-electron chi connectivity index (χ3n) is 9.97. The fourth-order valence-corrected chi connectivity index (χ4v) is 8.17. The Morgan fingerprint density at radius 2 is 1.81 bits per heavy atom. The van der Waals surface area contributed by atoms with Crippen molar-refractivity contribution in [3.8, 4) is 23.0 Å². The van der Waals surface area contributed by atoms with Crippen LogP contribution in [0.2, 0.25) is 5.02 Å². The molecule has 0 amide bonds. The highest BCUT2D eigenvalue weighted by Gasteiger charge is 2.45. The summed E-state index contributed by atoms with van der Waals surface area (Å²) in [6.07, 6.45) is 1.86. The third-order valence-corrected chi connectivity index (χ3v) is 10.3. The zero-order valence-electron chi connectivity index (χ0n) is 26.3. The second kappa shape index (κ2) is 12.5. The quantitative estimate of drug-likeness (QED) is 0.174. The minimum absolute atomic E-state index is 0.0916. The van der Waals surface area contributed by atoms with Gasteiger partial charge in [-0.2, -0.15) is 9.97 Å². The molecule has 4 aliphatic heterocycles. The number of benzene rings is 2. The number of piperazine rings is 1. The van der Waals surface area contributed by atoms with Crippen LogP contribution >= 0.6 is 11.6 Å². The maximum Gasteiger partial charge on any atom is 0.319 e. The number of alkyl halides is 2. The van der Waals surface area contributed by atoms with E-state index in [-0.39, 0.29) is 62.2 Å². The van der Waals surface area contributed by atoms with Gasteiger partial charge in [0.2, 0.25) is 0 Å². The fourth-order valence-electron chi connectivity index (χ4n) is 7.89. The maximum absolute atomic E-state index is 16.9. The van der Waals surface area contributed by atoms with Crippen molar-refractivity contribution >= 4 is 39.1 Å². The molecule has 6 heterocycles. The first kappa shape index (κ1) is 32.1. The second-order valence-electron chi connectivity index (χ2n) is 12.6. The lowest BCUT2D eigenvalue weighted by molar-refractivity contribution is 0.102. The molecule has 13 heteroatoms. The monoisotopic (exact) mass is 672 g/mol. The van der Waals surface area contributed by atoms with E-state index in [1.165, 1.54) is 29.2 Å². The van der Waals surface area contributed by atoms with Crippen molar-refractivity contribution in [1.29, 1.82) is 0 Å². The number of phenolic OH excluding ortho intramolecular Hbond substituents is 1. The number of nitrogens with one attached hydrogen (secondary N) is 1. The van der Waals surface area contributed by atoms with Crippen molar-refractivity contribution in [1.82, 2.24) is 25.2 Å². The number of phenols is 1. The first-order valence-corrected chi connectivity index (χ1v) is 16.8. The van der Waals surface area contributed by atoms with Gasteiger partial charge in [-0.3, -0.25) is 10.2 Å². The van der Waals surface area contributed by atoms with Crippen LogP contribution in [0.15, 0.2) is 24.3 Å². The lowest BCUT2D eigenvalue weighted by Gasteiger charge is -2.42. The van der Waals surface area contributed by atoms with Crippen molar-refractivity contribution in [2.75, 3.05) is 31.1 Å². The highest BCUT2D eigenvalue weighted by molar-refractivity contribution is 6.37. The molecule has 4 aromatic rings. The Kier molecular flexibility index (Phi) is 8.55. The molecule has 2 N–H and O–H groups in total. The molecule has 8 nitrogen and oxygen atoms in total. The van der Waals surface area contributed by atoms with Crippen molar-refractivity contribution < 1.29 is 27.4 Å². The number of hydrogen-bond acceptors (Lipinski definition) is 8. The average molecular weight is 673 g/mol. The summed E-state index contributed by atoms with van der Waals surface area (Å²) in [7, 11) is 0. The maximum atomic E-state index is 16.9. The summed E-state index contributed by atoms with van der Waals surface area (Å²) in [6, 6.07) is 4.49. The molecule has 0 aliphatic carbocycles. The molecule has 2 aromatic carbocycles. The molecule has 3 saturated heterocycles. The number of fused-ring (bicyclic) bond motifs is 4. The molecule has 0 radical (unpaired) electrons. The third kappa shape index (κ3) is 5.42. The van der Waals surface area contributed by atoms with E-state index in [2.05, 4.69) is 20.2 Å². The van der Waals surface area contributed by atoms with E-state index < -0.39 is 30.3 Å². The van der Waals surface area contributed by atoms with Gasteiger partial charge in [0, 0.05) is 10.9 Å². The largest absolute Gasteiger partial charge is 0.508 e. The Morgan fingerprint density at radius 1 is 1.04 bits per heavy atom. The number of aryl methyl sites for hydroxylation is 1. The van der Waals surface area contributed by atoms with Gasteiger partial charge in [-0.25, -0.2) is 22.5 Å². The molecule has 3 unspecified atom stereocenters. The van der Waals surface area contributed by atoms with Crippen molar-refractivity contribution in [3.05, 3.63) is 46.6 Å². The molecular weight excluding hydrogens is 636 g/mol. The van der Waals surface area contributed by atoms with Crippen LogP contribution in [0.3, 0.4) is 0 Å². The fraction of sp³-hybridized carbons (Fsp3) is 0.500. The molecule has 47 heavy (non-hydrogen) atoms. The molecule has 4 aliphatic rings. The van der Waals surface area contributed by atoms with Gasteiger partial charge in [0.25, 0.3) is 0 Å². The summed E-state index contributed by atoms with van der Waals surface area (Å²) in [6.45, 7) is 6.07. The molecule has 0 saturated carbocycles. The van der Waals surface area contributed by atoms with Gasteiger partial charge in [0.05, 0.1) is 34.2 Å². The van der Waals surface area contributed by atoms with Crippen LogP contribution in [0.5, 0.6) is 11.8 Å². The topological polar surface area (TPSA) is 86.6 Å². The Labute approximate surface area is 275 Å². The van der Waals surface area contributed by atoms with E-state index in [1.54, 1.807) is 0 Å². The van der Waals surface area contributed by atoms with E-state index in [0.717, 1.165) is 38.8 Å². The van der Waals surface area contributed by atoms with Crippen LogP contribution in [0.1, 0.15) is 58.1 Å². The SMILES string of the molecule is CC.Oc1cc(-c2nc3c4c(nc(OCC56CCCN5CCC6)nc4c2F)N2CC(F)NC(F)C2CCC3)c2c(Cl)c(F)ccc2c1. The highest BCUT2D eigenvalue weighted by Crippen LogP contribution is 2.44. The predicted molar refractivity (Wildman–Crippen MR) is 173 cm³/mol. The number of rotatable bonds is 4. The van der Waals surface area contributed by atoms with Crippen LogP contribution in [0.25, 0.3) is 32.9 Å². The van der Waals surface area contributed by atoms with E-state index in [1.807, 2.05) is 13.8 Å². The van der Waals surface area contributed by atoms with E-state index in [0.29, 0.717) is 36.9 Å². The molecule has 2 aromatic heterocycles. The Balaban J connectivity index is 0.00000172. The zero-order chi connectivity index (χ0) is 33.0. The van der Waals surface area contributed by atoms with Gasteiger partial charge < -0.3 is 14.7 Å². The number of aromatic nitrogens is 3. The second-order valence-corrected chi connectivity index (χ2v) is 13.0. The van der Waals surface area contributed by atoms with Gasteiger partial charge in [0.15, 0.2) is 18.4 Å². The lowest BCUT2D eigenvalue weighted by atomic mass is 9.95. The molecule has 250 valence electrons. The Bertz CT molecular complexity index is 1840. The zero-order valence-corrected chi connectivity index (χ0v) is 27.1. The van der Waals surface area contributed by atoms with Gasteiger partial charge >= 0.3 is 6.01 Å². The molecule has 0 bridgehead atoms. The van der Waals surface area contributed by atoms with Gasteiger partial charge in [-0.15, -0.1) is 0 Å². The smallest absolute Gasteiger partial charge is 0.319 e. The van der Waals surface area contributed by atoms with Crippen LogP contribution in [0, 0.1) is 11.6 Å². The minimum Gasteiger partial charge on any atom is -0.508 e. The number of nitrogens with zero attached hydrogens (tertiary/aromatic N) is 5. The van der Waals surface area contributed by atoms with Crippen molar-refractivity contribution in [2.24, 2.45) is 0 Å². The average Bonchev–Trinajstić information content (AvgIpc) is 3.64. The molecule has 0 spiro atoms. The van der Waals surface area contributed by atoms with Gasteiger partial charge in [0.1, 0.15) is 35.2 Å². The summed E-state index contributed by atoms with van der Waals surface area (Å²) < 4.78 is 67.8. The van der Waals surface area contributed by atoms with Crippen LogP contribution < -0.4 is 15.0 Å². The number of halogens is 5. The number of aromatic hydroxyl groups is 1. The molecule has 3 fully saturated rings. The van der Waals surface area contributed by atoms with E-state index in [4.69, 9.17) is 21.3 Å². The Morgan fingerprint density at radius 3 is 2.57 bits per heavy atom. The normalized spacial score (nSPS) is 23.6. The highest BCUT2D eigenvalue weighted by atomic mass is 35.5. The van der Waals surface area contributed by atoms with Crippen LogP contribution in [-0.2, 0) is 6.42 Å². The standard InChI is InChI=1S/C32H31ClF4N6O2.C2H6/c33-25-19(34)7-6-16-12-17(44)13-18(23(16)25)27-26(36)28-24-20(38-27)4-1-5-21-29(37)39-22(35)14-43(21)30(24)41-31(40-28)45-15-32-8-2-10-42(32)11-3-9-32;1-2/h6-7,12-13,21-22,29,39,44H,1-5,8-11,14-15H2;1-2H3. The Hall–Kier alpha value is -3.48. The molecule has 8 rings (SSSR count). The van der Waals surface area contributed by atoms with Crippen molar-refractivity contribution in [2.45, 2.75) is 83.0 Å². The number of ether oxygens (including phenoxy) is 1. The van der Waals surface area contributed by atoms with Crippen molar-refractivity contribution in [3.63, 3.8) is 0 Å². The molecule has 3 atom stereocenters. The van der Waals surface area contributed by atoms with Crippen LogP contribution in [-0.4, -0.2) is 75.4 Å². The summed E-state index contributed by atoms with van der Waals surface area (Å²) in [5.41, 5.74) is 0.0580. The number of pyridine rings is 1. The number of hydrogen-bond donors (Lipinski definition) is 2. The first-order chi connectivity index (χ1) is 22.7. The van der Waals surface area contributed by atoms with Gasteiger partial charge in [-0.05, 0) is 81.6 Å².